The zero-order chi connectivity index (χ0) is 16.0. The third-order valence-electron chi connectivity index (χ3n) is 3.40. The maximum atomic E-state index is 12.1. The zero-order valence-electron chi connectivity index (χ0n) is 12.8. The highest BCUT2D eigenvalue weighted by atomic mass is 32.2. The fourth-order valence-electron chi connectivity index (χ4n) is 2.35. The largest absolute Gasteiger partial charge is 0.480 e. The van der Waals surface area contributed by atoms with Crippen molar-refractivity contribution >= 4 is 29.5 Å². The van der Waals surface area contributed by atoms with E-state index in [1.807, 2.05) is 20.1 Å². The second-order valence-corrected chi connectivity index (χ2v) is 6.76. The molecule has 2 amide bonds. The Morgan fingerprint density at radius 2 is 2.14 bits per heavy atom. The number of carboxylic acid groups (broad SMARTS) is 1. The van der Waals surface area contributed by atoms with Gasteiger partial charge in [-0.2, -0.15) is 11.8 Å². The van der Waals surface area contributed by atoms with Crippen LogP contribution in [0.5, 0.6) is 0 Å². The molecule has 120 valence electrons. The summed E-state index contributed by atoms with van der Waals surface area (Å²) in [7, 11) is 0. The van der Waals surface area contributed by atoms with E-state index in [1.165, 1.54) is 11.8 Å². The summed E-state index contributed by atoms with van der Waals surface area (Å²) in [5.41, 5.74) is 0. The summed E-state index contributed by atoms with van der Waals surface area (Å²) in [5, 5.41) is 11.7. The van der Waals surface area contributed by atoms with Gasteiger partial charge < -0.3 is 15.3 Å². The lowest BCUT2D eigenvalue weighted by Gasteiger charge is -2.19. The van der Waals surface area contributed by atoms with Gasteiger partial charge >= 0.3 is 5.97 Å². The van der Waals surface area contributed by atoms with Gasteiger partial charge in [0, 0.05) is 19.5 Å². The lowest BCUT2D eigenvalue weighted by atomic mass is 10.1. The summed E-state index contributed by atoms with van der Waals surface area (Å²) in [5.74, 6) is -0.805. The molecule has 1 heterocycles. The Bertz CT molecular complexity index is 400. The SMILES string of the molecule is CSCC[C@@H](NC(=O)C1CC(=O)N(CC(C)C)C1)C(=O)O. The zero-order valence-corrected chi connectivity index (χ0v) is 13.6. The smallest absolute Gasteiger partial charge is 0.326 e. The maximum absolute atomic E-state index is 12.1. The molecule has 0 spiro atoms. The van der Waals surface area contributed by atoms with E-state index in [0.717, 1.165) is 0 Å². The Labute approximate surface area is 129 Å². The first kappa shape index (κ1) is 17.8. The Morgan fingerprint density at radius 3 is 2.67 bits per heavy atom. The molecule has 0 aromatic rings. The number of likely N-dealkylation sites (tertiary alicyclic amines) is 1. The van der Waals surface area contributed by atoms with Crippen molar-refractivity contribution in [1.82, 2.24) is 10.2 Å². The molecule has 21 heavy (non-hydrogen) atoms. The summed E-state index contributed by atoms with van der Waals surface area (Å²) in [6.07, 6.45) is 2.45. The number of hydrogen-bond donors (Lipinski definition) is 2. The van der Waals surface area contributed by atoms with Crippen molar-refractivity contribution in [2.75, 3.05) is 25.1 Å². The van der Waals surface area contributed by atoms with E-state index in [0.29, 0.717) is 31.2 Å². The maximum Gasteiger partial charge on any atom is 0.326 e. The molecule has 7 heteroatoms. The van der Waals surface area contributed by atoms with Crippen LogP contribution < -0.4 is 5.32 Å². The van der Waals surface area contributed by atoms with Crippen molar-refractivity contribution in [2.45, 2.75) is 32.7 Å². The van der Waals surface area contributed by atoms with E-state index in [-0.39, 0.29) is 18.2 Å². The number of amides is 2. The molecule has 0 radical (unpaired) electrons. The predicted octanol–water partition coefficient (Wildman–Crippen LogP) is 0.813. The lowest BCUT2D eigenvalue weighted by molar-refractivity contribution is -0.142. The van der Waals surface area contributed by atoms with Crippen LogP contribution in [0, 0.1) is 11.8 Å². The van der Waals surface area contributed by atoms with Gasteiger partial charge in [-0.25, -0.2) is 4.79 Å². The molecule has 0 saturated carbocycles. The minimum Gasteiger partial charge on any atom is -0.480 e. The van der Waals surface area contributed by atoms with Crippen molar-refractivity contribution in [3.05, 3.63) is 0 Å². The Kier molecular flexibility index (Phi) is 7.01. The quantitative estimate of drug-likeness (QED) is 0.692. The van der Waals surface area contributed by atoms with E-state index in [1.54, 1.807) is 4.90 Å². The van der Waals surface area contributed by atoms with Crippen LogP contribution in [0.15, 0.2) is 0 Å². The average molecular weight is 316 g/mol. The van der Waals surface area contributed by atoms with Gasteiger partial charge in [0.25, 0.3) is 0 Å². The van der Waals surface area contributed by atoms with Crippen molar-refractivity contribution < 1.29 is 19.5 Å². The van der Waals surface area contributed by atoms with Crippen molar-refractivity contribution in [1.29, 1.82) is 0 Å². The Hall–Kier alpha value is -1.24. The first-order valence-electron chi connectivity index (χ1n) is 7.15. The molecule has 2 N–H and O–H groups in total. The highest BCUT2D eigenvalue weighted by Gasteiger charge is 2.35. The topological polar surface area (TPSA) is 86.7 Å². The van der Waals surface area contributed by atoms with E-state index < -0.39 is 17.9 Å². The summed E-state index contributed by atoms with van der Waals surface area (Å²) in [4.78, 5) is 36.8. The number of thioether (sulfide) groups is 1. The summed E-state index contributed by atoms with van der Waals surface area (Å²) < 4.78 is 0. The Morgan fingerprint density at radius 1 is 1.48 bits per heavy atom. The minimum absolute atomic E-state index is 0.0279. The standard InChI is InChI=1S/C14H24N2O4S/c1-9(2)7-16-8-10(6-12(16)17)13(18)15-11(14(19)20)4-5-21-3/h9-11H,4-8H2,1-3H3,(H,15,18)(H,19,20)/t10?,11-/m1/s1. The fraction of sp³-hybridized carbons (Fsp3) is 0.786. The molecule has 1 fully saturated rings. The number of aliphatic carboxylic acids is 1. The van der Waals surface area contributed by atoms with E-state index in [4.69, 9.17) is 5.11 Å². The van der Waals surface area contributed by atoms with Crippen LogP contribution >= 0.6 is 11.8 Å². The second kappa shape index (κ2) is 8.26. The summed E-state index contributed by atoms with van der Waals surface area (Å²) >= 11 is 1.54. The summed E-state index contributed by atoms with van der Waals surface area (Å²) in [6.45, 7) is 5.06. The highest BCUT2D eigenvalue weighted by Crippen LogP contribution is 2.19. The van der Waals surface area contributed by atoms with E-state index in [9.17, 15) is 14.4 Å². The number of carbonyl (C=O) groups is 3. The van der Waals surface area contributed by atoms with Gasteiger partial charge in [0.2, 0.25) is 11.8 Å². The lowest BCUT2D eigenvalue weighted by Crippen LogP contribution is -2.44. The number of carboxylic acids is 1. The van der Waals surface area contributed by atoms with Gasteiger partial charge in [0.1, 0.15) is 6.04 Å². The molecule has 2 atom stereocenters. The van der Waals surface area contributed by atoms with Gasteiger partial charge in [-0.05, 0) is 24.3 Å². The molecule has 1 rings (SSSR count). The molecular weight excluding hydrogens is 292 g/mol. The number of nitrogens with zero attached hydrogens (tertiary/aromatic N) is 1. The third kappa shape index (κ3) is 5.57. The molecule has 0 aromatic heterocycles. The van der Waals surface area contributed by atoms with Crippen molar-refractivity contribution in [3.8, 4) is 0 Å². The molecule has 1 unspecified atom stereocenters. The van der Waals surface area contributed by atoms with Gasteiger partial charge in [0.15, 0.2) is 0 Å². The first-order chi connectivity index (χ1) is 9.85. The van der Waals surface area contributed by atoms with Crippen LogP contribution in [-0.2, 0) is 14.4 Å². The highest BCUT2D eigenvalue weighted by molar-refractivity contribution is 7.98. The molecule has 1 saturated heterocycles. The van der Waals surface area contributed by atoms with Crippen LogP contribution in [-0.4, -0.2) is 58.9 Å². The molecule has 0 bridgehead atoms. The van der Waals surface area contributed by atoms with Crippen LogP contribution in [0.4, 0.5) is 0 Å². The monoisotopic (exact) mass is 316 g/mol. The van der Waals surface area contributed by atoms with Crippen LogP contribution in [0.25, 0.3) is 0 Å². The molecule has 0 aromatic carbocycles. The van der Waals surface area contributed by atoms with Gasteiger partial charge in [-0.1, -0.05) is 13.8 Å². The molecule has 1 aliphatic rings. The van der Waals surface area contributed by atoms with E-state index >= 15 is 0 Å². The first-order valence-corrected chi connectivity index (χ1v) is 8.54. The third-order valence-corrected chi connectivity index (χ3v) is 4.04. The summed E-state index contributed by atoms with van der Waals surface area (Å²) in [6, 6.07) is -0.876. The Balaban J connectivity index is 2.55. The normalized spacial score (nSPS) is 19.9. The van der Waals surface area contributed by atoms with Gasteiger partial charge in [-0.15, -0.1) is 0 Å². The average Bonchev–Trinajstić information content (AvgIpc) is 2.74. The fourth-order valence-corrected chi connectivity index (χ4v) is 2.82. The van der Waals surface area contributed by atoms with Gasteiger partial charge in [0.05, 0.1) is 5.92 Å². The number of nitrogens with one attached hydrogen (secondary N) is 1. The molecule has 0 aliphatic carbocycles. The predicted molar refractivity (Wildman–Crippen MR) is 82.1 cm³/mol. The number of hydrogen-bond acceptors (Lipinski definition) is 4. The van der Waals surface area contributed by atoms with Crippen LogP contribution in [0.1, 0.15) is 26.7 Å². The number of carbonyl (C=O) groups excluding carboxylic acids is 2. The van der Waals surface area contributed by atoms with E-state index in [2.05, 4.69) is 5.32 Å². The van der Waals surface area contributed by atoms with Crippen molar-refractivity contribution in [2.24, 2.45) is 11.8 Å². The van der Waals surface area contributed by atoms with Gasteiger partial charge in [-0.3, -0.25) is 9.59 Å². The molecule has 6 nitrogen and oxygen atoms in total. The van der Waals surface area contributed by atoms with Crippen LogP contribution in [0.3, 0.4) is 0 Å². The molecule has 1 aliphatic heterocycles. The number of rotatable bonds is 8. The minimum atomic E-state index is -1.03. The van der Waals surface area contributed by atoms with Crippen LogP contribution in [0.2, 0.25) is 0 Å². The molecular formula is C14H24N2O4S. The second-order valence-electron chi connectivity index (χ2n) is 5.77. The van der Waals surface area contributed by atoms with Crippen molar-refractivity contribution in [3.63, 3.8) is 0 Å².